The Labute approximate surface area is 57.0 Å². The van der Waals surface area contributed by atoms with Gasteiger partial charge < -0.3 is 0 Å². The molecule has 0 amide bonds. The van der Waals surface area contributed by atoms with Gasteiger partial charge in [-0.25, -0.2) is 0 Å². The minimum absolute atomic E-state index is 1.000. The van der Waals surface area contributed by atoms with Crippen molar-refractivity contribution in [3.05, 3.63) is 11.9 Å². The van der Waals surface area contributed by atoms with Gasteiger partial charge in [0.1, 0.15) is 0 Å². The van der Waals surface area contributed by atoms with Crippen molar-refractivity contribution in [2.24, 2.45) is 0 Å². The summed E-state index contributed by atoms with van der Waals surface area (Å²) in [5.41, 5.74) is 0. The summed E-state index contributed by atoms with van der Waals surface area (Å²) in [6, 6.07) is 0. The van der Waals surface area contributed by atoms with Crippen LogP contribution in [0.3, 0.4) is 0 Å². The fourth-order valence-electron chi connectivity index (χ4n) is 0.0927. The third-order valence-corrected chi connectivity index (χ3v) is 1.90. The predicted octanol–water partition coefficient (Wildman–Crippen LogP) is 1.47. The second-order valence-corrected chi connectivity index (χ2v) is 3.49. The first kappa shape index (κ1) is 7.13. The first-order valence-corrected chi connectivity index (χ1v) is 6.38. The van der Waals surface area contributed by atoms with Crippen LogP contribution in [-0.4, -0.2) is 28.8 Å². The van der Waals surface area contributed by atoms with E-state index in [9.17, 15) is 0 Å². The van der Waals surface area contributed by atoms with Crippen molar-refractivity contribution in [3.63, 3.8) is 0 Å². The fraction of sp³-hybridized carbons (Fsp3) is 0. The molecular weight excluding hydrogens is 302 g/mol. The van der Waals surface area contributed by atoms with Crippen molar-refractivity contribution < 1.29 is 0 Å². The van der Waals surface area contributed by atoms with E-state index in [0.717, 1.165) is 25.3 Å². The Balaban J connectivity index is 3.17. The topological polar surface area (TPSA) is 0 Å². The van der Waals surface area contributed by atoms with E-state index in [1.54, 1.807) is 0 Å². The zero-order chi connectivity index (χ0) is 4.83. The summed E-state index contributed by atoms with van der Waals surface area (Å²) >= 11 is 1.000. The molecule has 0 saturated heterocycles. The van der Waals surface area contributed by atoms with Gasteiger partial charge in [-0.05, 0) is 0 Å². The average molecular weight is 306 g/mol. The van der Waals surface area contributed by atoms with Crippen LogP contribution < -0.4 is 0 Å². The Morgan fingerprint density at radius 3 is 2.50 bits per heavy atom. The van der Waals surface area contributed by atoms with E-state index >= 15 is 0 Å². The maximum atomic E-state index is 3.28. The molecule has 0 aliphatic carbocycles. The van der Waals surface area contributed by atoms with Crippen molar-refractivity contribution in [2.45, 2.75) is 0 Å². The molecular formula is C3H4P2Tl. The SMILES string of the molecule is P=PC=C[CH]=[Tl]. The van der Waals surface area contributed by atoms with Gasteiger partial charge in [-0.1, -0.05) is 0 Å². The van der Waals surface area contributed by atoms with Gasteiger partial charge >= 0.3 is 57.1 Å². The number of rotatable bonds is 2. The van der Waals surface area contributed by atoms with Crippen molar-refractivity contribution in [2.75, 3.05) is 0 Å². The quantitative estimate of drug-likeness (QED) is 0.535. The van der Waals surface area contributed by atoms with Crippen LogP contribution in [0.5, 0.6) is 0 Å². The van der Waals surface area contributed by atoms with Crippen LogP contribution in [0.15, 0.2) is 11.9 Å². The standard InChI is InChI=1S/C3H4P2.Tl/c1-2-3-5-4;/h1-4H;. The van der Waals surface area contributed by atoms with E-state index < -0.39 is 0 Å². The van der Waals surface area contributed by atoms with E-state index in [-0.39, 0.29) is 0 Å². The molecule has 0 atom stereocenters. The summed E-state index contributed by atoms with van der Waals surface area (Å²) in [7, 11) is 4.44. The van der Waals surface area contributed by atoms with Crippen LogP contribution in [0.4, 0.5) is 0 Å². The fourth-order valence-corrected chi connectivity index (χ4v) is 1.70. The first-order chi connectivity index (χ1) is 2.91. The number of hydrogen-bond acceptors (Lipinski definition) is 0. The molecule has 29 valence electrons. The van der Waals surface area contributed by atoms with Gasteiger partial charge in [0.05, 0.1) is 0 Å². The van der Waals surface area contributed by atoms with Crippen LogP contribution in [0.25, 0.3) is 0 Å². The molecule has 0 aliphatic heterocycles. The van der Waals surface area contributed by atoms with Gasteiger partial charge in [0.2, 0.25) is 0 Å². The van der Waals surface area contributed by atoms with Gasteiger partial charge in [0, 0.05) is 0 Å². The number of hydrogen-bond donors (Lipinski definition) is 0. The summed E-state index contributed by atoms with van der Waals surface area (Å²) in [4.78, 5) is 0. The van der Waals surface area contributed by atoms with Gasteiger partial charge in [0.15, 0.2) is 0 Å². The Kier molecular flexibility index (Phi) is 7.29. The van der Waals surface area contributed by atoms with Crippen LogP contribution in [-0.2, 0) is 0 Å². The Morgan fingerprint density at radius 1 is 1.67 bits per heavy atom. The summed E-state index contributed by atoms with van der Waals surface area (Å²) in [6.45, 7) is 0. The summed E-state index contributed by atoms with van der Waals surface area (Å²) in [5, 5.41) is 0. The maximum absolute atomic E-state index is 3.28. The molecule has 0 unspecified atom stereocenters. The van der Waals surface area contributed by atoms with Gasteiger partial charge in [-0.2, -0.15) is 0 Å². The second kappa shape index (κ2) is 6.13. The van der Waals surface area contributed by atoms with Crippen LogP contribution in [0.2, 0.25) is 0 Å². The van der Waals surface area contributed by atoms with E-state index in [2.05, 4.69) is 24.0 Å². The van der Waals surface area contributed by atoms with E-state index in [1.807, 2.05) is 0 Å². The molecule has 0 aromatic rings. The first-order valence-electron chi connectivity index (χ1n) is 1.48. The molecule has 0 heterocycles. The van der Waals surface area contributed by atoms with Gasteiger partial charge in [0.25, 0.3) is 0 Å². The monoisotopic (exact) mass is 307 g/mol. The third kappa shape index (κ3) is 5.13. The van der Waals surface area contributed by atoms with Gasteiger partial charge in [-0.3, -0.25) is 0 Å². The van der Waals surface area contributed by atoms with Crippen molar-refractivity contribution >= 4 is 45.2 Å². The molecule has 0 N–H and O–H groups in total. The molecule has 0 radical (unpaired) electrons. The molecule has 0 nitrogen and oxygen atoms in total. The Morgan fingerprint density at radius 2 is 2.33 bits per heavy atom. The zero-order valence-electron chi connectivity index (χ0n) is 3.26. The summed E-state index contributed by atoms with van der Waals surface area (Å²) in [6.07, 6.45) is 2.07. The molecule has 0 fully saturated rings. The molecule has 0 aromatic carbocycles. The van der Waals surface area contributed by atoms with Crippen LogP contribution in [0.1, 0.15) is 0 Å². The molecule has 0 saturated carbocycles. The summed E-state index contributed by atoms with van der Waals surface area (Å²) in [5.74, 6) is 2.05. The third-order valence-electron chi connectivity index (χ3n) is 0.272. The zero-order valence-corrected chi connectivity index (χ0v) is 9.64. The molecule has 0 spiro atoms. The Bertz CT molecular complexity index is 66.9. The van der Waals surface area contributed by atoms with Crippen molar-refractivity contribution in [3.8, 4) is 0 Å². The molecule has 3 heteroatoms. The van der Waals surface area contributed by atoms with E-state index in [0.29, 0.717) is 0 Å². The predicted molar refractivity (Wildman–Crippen MR) is 36.2 cm³/mol. The average Bonchev–Trinajstić information content (AvgIpc) is 1.61. The molecule has 0 aliphatic rings. The minimum atomic E-state index is 1.000. The van der Waals surface area contributed by atoms with Crippen molar-refractivity contribution in [1.29, 1.82) is 0 Å². The Hall–Kier alpha value is 1.13. The molecule has 0 bridgehead atoms. The van der Waals surface area contributed by atoms with Crippen LogP contribution in [0, 0.1) is 0 Å². The normalized spacial score (nSPS) is 10.3. The molecule has 0 rings (SSSR count). The molecule has 0 aromatic heterocycles. The van der Waals surface area contributed by atoms with Gasteiger partial charge in [-0.15, -0.1) is 0 Å². The molecule has 6 heavy (non-hydrogen) atoms. The van der Waals surface area contributed by atoms with Crippen molar-refractivity contribution in [1.82, 2.24) is 0 Å². The summed E-state index contributed by atoms with van der Waals surface area (Å²) < 4.78 is 2.16. The van der Waals surface area contributed by atoms with E-state index in [4.69, 9.17) is 0 Å². The van der Waals surface area contributed by atoms with Crippen LogP contribution >= 0.6 is 16.4 Å². The number of allylic oxidation sites excluding steroid dienone is 1. The second-order valence-electron chi connectivity index (χ2n) is 0.663. The van der Waals surface area contributed by atoms with E-state index in [1.165, 1.54) is 7.87 Å².